The van der Waals surface area contributed by atoms with Crippen molar-refractivity contribution in [3.05, 3.63) is 40.4 Å². The van der Waals surface area contributed by atoms with E-state index in [0.717, 1.165) is 5.56 Å². The van der Waals surface area contributed by atoms with Crippen molar-refractivity contribution in [1.29, 1.82) is 0 Å². The van der Waals surface area contributed by atoms with Gasteiger partial charge in [0, 0.05) is 12.1 Å². The Hall–Kier alpha value is -1.96. The molecule has 1 amide bonds. The summed E-state index contributed by atoms with van der Waals surface area (Å²) in [6.45, 7) is 0.568. The zero-order valence-corrected chi connectivity index (χ0v) is 13.5. The molecular formula is C15H13ClN2O4S. The Labute approximate surface area is 141 Å². The first-order chi connectivity index (χ1) is 11.1. The molecule has 0 aliphatic carbocycles. The summed E-state index contributed by atoms with van der Waals surface area (Å²) in [4.78, 5) is 29.8. The average Bonchev–Trinajstić information content (AvgIpc) is 3.04. The maximum absolute atomic E-state index is 12.6. The molecule has 0 radical (unpaired) electrons. The molecule has 6 nitrogen and oxygen atoms in total. The van der Waals surface area contributed by atoms with Crippen molar-refractivity contribution in [3.63, 3.8) is 0 Å². The summed E-state index contributed by atoms with van der Waals surface area (Å²) in [6.07, 6.45) is 1.46. The zero-order valence-electron chi connectivity index (χ0n) is 11.9. The van der Waals surface area contributed by atoms with Gasteiger partial charge in [0.2, 0.25) is 0 Å². The van der Waals surface area contributed by atoms with Gasteiger partial charge in [-0.05, 0) is 6.07 Å². The van der Waals surface area contributed by atoms with Gasteiger partial charge in [-0.2, -0.15) is 0 Å². The number of hydrogen-bond acceptors (Lipinski definition) is 5. The number of thiazole rings is 1. The number of benzene rings is 1. The Kier molecular flexibility index (Phi) is 4.61. The molecule has 1 fully saturated rings. The minimum atomic E-state index is -1.08. The molecule has 120 valence electrons. The SMILES string of the molecule is O=C(O)[C@@H]1COCCN1C(=O)c1cnc(-c2ccccc2Cl)s1. The number of carbonyl (C=O) groups excluding carboxylic acids is 1. The Morgan fingerprint density at radius 2 is 2.17 bits per heavy atom. The van der Waals surface area contributed by atoms with Crippen molar-refractivity contribution < 1.29 is 19.4 Å². The minimum absolute atomic E-state index is 0.00273. The van der Waals surface area contributed by atoms with E-state index in [1.807, 2.05) is 18.2 Å². The molecule has 23 heavy (non-hydrogen) atoms. The molecule has 8 heteroatoms. The van der Waals surface area contributed by atoms with E-state index >= 15 is 0 Å². The van der Waals surface area contributed by atoms with Crippen LogP contribution < -0.4 is 0 Å². The zero-order chi connectivity index (χ0) is 16.4. The van der Waals surface area contributed by atoms with Crippen LogP contribution in [-0.2, 0) is 9.53 Å². The molecule has 1 aliphatic rings. The highest BCUT2D eigenvalue weighted by Gasteiger charge is 2.34. The molecule has 1 aromatic carbocycles. The summed E-state index contributed by atoms with van der Waals surface area (Å²) in [6, 6.07) is 6.26. The number of carbonyl (C=O) groups is 2. The van der Waals surface area contributed by atoms with Crippen LogP contribution >= 0.6 is 22.9 Å². The van der Waals surface area contributed by atoms with Crippen molar-refractivity contribution in [2.24, 2.45) is 0 Å². The minimum Gasteiger partial charge on any atom is -0.480 e. The number of halogens is 1. The lowest BCUT2D eigenvalue weighted by Crippen LogP contribution is -2.52. The van der Waals surface area contributed by atoms with Crippen LogP contribution in [0.1, 0.15) is 9.67 Å². The molecule has 2 aromatic rings. The second-order valence-corrected chi connectivity index (χ2v) is 6.37. The fourth-order valence-electron chi connectivity index (χ4n) is 2.33. The van der Waals surface area contributed by atoms with E-state index in [1.54, 1.807) is 6.07 Å². The number of ether oxygens (including phenoxy) is 1. The highest BCUT2D eigenvalue weighted by molar-refractivity contribution is 7.17. The number of amides is 1. The Morgan fingerprint density at radius 1 is 1.39 bits per heavy atom. The summed E-state index contributed by atoms with van der Waals surface area (Å²) in [5.74, 6) is -1.43. The van der Waals surface area contributed by atoms with Crippen LogP contribution in [0.15, 0.2) is 30.5 Å². The van der Waals surface area contributed by atoms with Gasteiger partial charge in [-0.15, -0.1) is 11.3 Å². The fourth-order valence-corrected chi connectivity index (χ4v) is 3.52. The normalized spacial score (nSPS) is 18.0. The highest BCUT2D eigenvalue weighted by atomic mass is 35.5. The van der Waals surface area contributed by atoms with Crippen molar-refractivity contribution in [2.75, 3.05) is 19.8 Å². The first-order valence-corrected chi connectivity index (χ1v) is 8.09. The predicted octanol–water partition coefficient (Wildman–Crippen LogP) is 2.39. The molecule has 1 N–H and O–H groups in total. The van der Waals surface area contributed by atoms with Crippen molar-refractivity contribution in [2.45, 2.75) is 6.04 Å². The van der Waals surface area contributed by atoms with Gasteiger partial charge in [0.05, 0.1) is 24.4 Å². The molecule has 1 aliphatic heterocycles. The third-order valence-electron chi connectivity index (χ3n) is 3.50. The lowest BCUT2D eigenvalue weighted by molar-refractivity contribution is -0.147. The number of carboxylic acid groups (broad SMARTS) is 1. The van der Waals surface area contributed by atoms with Gasteiger partial charge in [0.15, 0.2) is 6.04 Å². The topological polar surface area (TPSA) is 79.7 Å². The number of rotatable bonds is 3. The smallest absolute Gasteiger partial charge is 0.328 e. The summed E-state index contributed by atoms with van der Waals surface area (Å²) in [5, 5.41) is 10.4. The van der Waals surface area contributed by atoms with Gasteiger partial charge in [0.1, 0.15) is 9.88 Å². The Bertz CT molecular complexity index is 749. The van der Waals surface area contributed by atoms with Gasteiger partial charge in [-0.25, -0.2) is 9.78 Å². The van der Waals surface area contributed by atoms with Crippen LogP contribution in [0.5, 0.6) is 0 Å². The van der Waals surface area contributed by atoms with Crippen LogP contribution in [0.4, 0.5) is 0 Å². The van der Waals surface area contributed by atoms with Crippen LogP contribution in [0.25, 0.3) is 10.6 Å². The lowest BCUT2D eigenvalue weighted by Gasteiger charge is -2.32. The van der Waals surface area contributed by atoms with Crippen molar-refractivity contribution in [1.82, 2.24) is 9.88 Å². The lowest BCUT2D eigenvalue weighted by atomic mass is 10.2. The van der Waals surface area contributed by atoms with Gasteiger partial charge >= 0.3 is 5.97 Å². The Morgan fingerprint density at radius 3 is 2.91 bits per heavy atom. The molecular weight excluding hydrogens is 340 g/mol. The number of aliphatic carboxylic acids is 1. The molecule has 0 spiro atoms. The van der Waals surface area contributed by atoms with Crippen LogP contribution in [0.2, 0.25) is 5.02 Å². The monoisotopic (exact) mass is 352 g/mol. The molecule has 1 atom stereocenters. The van der Waals surface area contributed by atoms with E-state index in [0.29, 0.717) is 21.5 Å². The molecule has 0 bridgehead atoms. The number of nitrogens with zero attached hydrogens (tertiary/aromatic N) is 2. The van der Waals surface area contributed by atoms with Gasteiger partial charge in [-0.1, -0.05) is 29.8 Å². The first-order valence-electron chi connectivity index (χ1n) is 6.90. The second-order valence-electron chi connectivity index (χ2n) is 4.94. The standard InChI is InChI=1S/C15H13ClN2O4S/c16-10-4-2-1-3-9(10)13-17-7-12(23-13)14(19)18-5-6-22-8-11(18)15(20)21/h1-4,7,11H,5-6,8H2,(H,20,21)/t11-/m0/s1. The van der Waals surface area contributed by atoms with Gasteiger partial charge in [0.25, 0.3) is 5.91 Å². The molecule has 0 saturated carbocycles. The van der Waals surface area contributed by atoms with E-state index in [4.69, 9.17) is 16.3 Å². The highest BCUT2D eigenvalue weighted by Crippen LogP contribution is 2.31. The van der Waals surface area contributed by atoms with Gasteiger partial charge in [-0.3, -0.25) is 4.79 Å². The summed E-state index contributed by atoms with van der Waals surface area (Å²) < 4.78 is 5.15. The number of carboxylic acids is 1. The number of hydrogen-bond donors (Lipinski definition) is 1. The predicted molar refractivity (Wildman–Crippen MR) is 85.8 cm³/mol. The van der Waals surface area contributed by atoms with Gasteiger partial charge < -0.3 is 14.7 Å². The number of morpholine rings is 1. The molecule has 2 heterocycles. The third-order valence-corrected chi connectivity index (χ3v) is 4.84. The molecule has 1 saturated heterocycles. The van der Waals surface area contributed by atoms with Crippen LogP contribution in [-0.4, -0.2) is 52.7 Å². The van der Waals surface area contributed by atoms with E-state index in [-0.39, 0.29) is 19.1 Å². The van der Waals surface area contributed by atoms with Crippen molar-refractivity contribution >= 4 is 34.8 Å². The molecule has 3 rings (SSSR count). The average molecular weight is 353 g/mol. The maximum atomic E-state index is 12.6. The van der Waals surface area contributed by atoms with Crippen molar-refractivity contribution in [3.8, 4) is 10.6 Å². The Balaban J connectivity index is 1.86. The van der Waals surface area contributed by atoms with E-state index < -0.39 is 12.0 Å². The quantitative estimate of drug-likeness (QED) is 0.917. The van der Waals surface area contributed by atoms with Crippen LogP contribution in [0, 0.1) is 0 Å². The maximum Gasteiger partial charge on any atom is 0.328 e. The fraction of sp³-hybridized carbons (Fsp3) is 0.267. The summed E-state index contributed by atoms with van der Waals surface area (Å²) in [7, 11) is 0. The summed E-state index contributed by atoms with van der Waals surface area (Å²) in [5.41, 5.74) is 0.745. The van der Waals surface area contributed by atoms with Crippen LogP contribution in [0.3, 0.4) is 0 Å². The van der Waals surface area contributed by atoms with E-state index in [1.165, 1.54) is 22.4 Å². The second kappa shape index (κ2) is 6.66. The largest absolute Gasteiger partial charge is 0.480 e. The molecule has 0 unspecified atom stereocenters. The van der Waals surface area contributed by atoms with E-state index in [2.05, 4.69) is 4.98 Å². The summed E-state index contributed by atoms with van der Waals surface area (Å²) >= 11 is 7.33. The molecule has 1 aromatic heterocycles. The number of aromatic nitrogens is 1. The third kappa shape index (κ3) is 3.21. The van der Waals surface area contributed by atoms with E-state index in [9.17, 15) is 14.7 Å². The first kappa shape index (κ1) is 15.9.